The molecule has 3 heterocycles. The van der Waals surface area contributed by atoms with Gasteiger partial charge >= 0.3 is 0 Å². The Hall–Kier alpha value is -2.51. The first-order valence-electron chi connectivity index (χ1n) is 9.66. The Labute approximate surface area is 178 Å². The van der Waals surface area contributed by atoms with E-state index < -0.39 is 12.5 Å². The standard InChI is InChI=1S/C22H22ClF2N3O2/c1-12-8-15(9-13(2)26-12)20-17-6-7-30-19(21(24)25)11-28(17)22(27-20)14-4-5-16(23)18(10-14)29-3/h4-5,8-10,19,21H,6-7,11H2,1-3H3/t19-/m0/s1. The molecule has 8 heteroatoms. The Morgan fingerprint density at radius 1 is 1.13 bits per heavy atom. The zero-order chi connectivity index (χ0) is 21.4. The van der Waals surface area contributed by atoms with Crippen LogP contribution in [0.4, 0.5) is 8.78 Å². The third kappa shape index (κ3) is 3.91. The number of methoxy groups -OCH3 is 1. The predicted octanol–water partition coefficient (Wildman–Crippen LogP) is 5.10. The van der Waals surface area contributed by atoms with E-state index in [0.717, 1.165) is 33.9 Å². The fourth-order valence-electron chi connectivity index (χ4n) is 3.85. The minimum atomic E-state index is -2.58. The molecule has 0 spiro atoms. The summed E-state index contributed by atoms with van der Waals surface area (Å²) in [6.45, 7) is 4.07. The number of halogens is 3. The van der Waals surface area contributed by atoms with E-state index in [1.54, 1.807) is 12.1 Å². The van der Waals surface area contributed by atoms with Crippen LogP contribution in [0.5, 0.6) is 5.75 Å². The predicted molar refractivity (Wildman–Crippen MR) is 111 cm³/mol. The van der Waals surface area contributed by atoms with Gasteiger partial charge in [0.1, 0.15) is 17.7 Å². The van der Waals surface area contributed by atoms with Crippen molar-refractivity contribution in [3.63, 3.8) is 0 Å². The molecule has 5 nitrogen and oxygen atoms in total. The average molecular weight is 434 g/mol. The number of nitrogens with zero attached hydrogens (tertiary/aromatic N) is 3. The van der Waals surface area contributed by atoms with Gasteiger partial charge in [0, 0.05) is 34.6 Å². The van der Waals surface area contributed by atoms with E-state index in [-0.39, 0.29) is 13.2 Å². The second-order valence-electron chi connectivity index (χ2n) is 7.32. The number of fused-ring (bicyclic) bond motifs is 1. The van der Waals surface area contributed by atoms with Crippen LogP contribution in [0.25, 0.3) is 22.6 Å². The normalized spacial score (nSPS) is 16.4. The van der Waals surface area contributed by atoms with Gasteiger partial charge in [-0.3, -0.25) is 4.98 Å². The summed E-state index contributed by atoms with van der Waals surface area (Å²) in [5.74, 6) is 1.08. The Morgan fingerprint density at radius 3 is 2.53 bits per heavy atom. The molecule has 4 rings (SSSR count). The van der Waals surface area contributed by atoms with Crippen LogP contribution in [0.2, 0.25) is 5.02 Å². The number of aryl methyl sites for hydroxylation is 2. The molecule has 0 radical (unpaired) electrons. The zero-order valence-corrected chi connectivity index (χ0v) is 17.7. The van der Waals surface area contributed by atoms with Crippen molar-refractivity contribution in [3.05, 3.63) is 52.4 Å². The molecule has 1 aliphatic rings. The smallest absolute Gasteiger partial charge is 0.266 e. The molecule has 0 N–H and O–H groups in total. The summed E-state index contributed by atoms with van der Waals surface area (Å²) in [5, 5.41) is 0.471. The highest BCUT2D eigenvalue weighted by atomic mass is 35.5. The molecule has 0 unspecified atom stereocenters. The Morgan fingerprint density at radius 2 is 1.87 bits per heavy atom. The molecular weight excluding hydrogens is 412 g/mol. The molecule has 3 aromatic rings. The van der Waals surface area contributed by atoms with Crippen LogP contribution < -0.4 is 4.74 Å². The highest BCUT2D eigenvalue weighted by Crippen LogP contribution is 2.35. The third-order valence-corrected chi connectivity index (χ3v) is 5.46. The fraction of sp³-hybridized carbons (Fsp3) is 0.364. The second-order valence-corrected chi connectivity index (χ2v) is 7.73. The summed E-state index contributed by atoms with van der Waals surface area (Å²) in [5.41, 5.74) is 5.01. The Bertz CT molecular complexity index is 1060. The topological polar surface area (TPSA) is 49.2 Å². The summed E-state index contributed by atoms with van der Waals surface area (Å²) in [6, 6.07) is 9.22. The first-order valence-corrected chi connectivity index (χ1v) is 10.0. The van der Waals surface area contributed by atoms with E-state index in [2.05, 4.69) is 4.98 Å². The van der Waals surface area contributed by atoms with Gasteiger partial charge in [-0.25, -0.2) is 13.8 Å². The summed E-state index contributed by atoms with van der Waals surface area (Å²) >= 11 is 6.18. The maximum Gasteiger partial charge on any atom is 0.266 e. The first-order chi connectivity index (χ1) is 14.4. The van der Waals surface area contributed by atoms with Crippen LogP contribution in [0.3, 0.4) is 0 Å². The van der Waals surface area contributed by atoms with Gasteiger partial charge in [-0.15, -0.1) is 0 Å². The van der Waals surface area contributed by atoms with Gasteiger partial charge in [-0.05, 0) is 44.2 Å². The SMILES string of the molecule is COc1cc(-c2nc(-c3cc(C)nc(C)c3)c3n2C[C@@H](C(F)F)OCC3)ccc1Cl. The van der Waals surface area contributed by atoms with Crippen LogP contribution in [0.1, 0.15) is 17.1 Å². The van der Waals surface area contributed by atoms with E-state index in [1.807, 2.05) is 36.6 Å². The van der Waals surface area contributed by atoms with Gasteiger partial charge < -0.3 is 14.0 Å². The number of hydrogen-bond acceptors (Lipinski definition) is 4. The zero-order valence-electron chi connectivity index (χ0n) is 17.0. The van der Waals surface area contributed by atoms with Gasteiger partial charge in [-0.1, -0.05) is 11.6 Å². The molecular formula is C22H22ClF2N3O2. The lowest BCUT2D eigenvalue weighted by Gasteiger charge is -2.16. The van der Waals surface area contributed by atoms with Crippen LogP contribution in [0.15, 0.2) is 30.3 Å². The summed E-state index contributed by atoms with van der Waals surface area (Å²) in [6.07, 6.45) is -3.29. The molecule has 0 saturated carbocycles. The maximum absolute atomic E-state index is 13.5. The van der Waals surface area contributed by atoms with E-state index in [4.69, 9.17) is 26.1 Å². The van der Waals surface area contributed by atoms with Crippen molar-refractivity contribution in [2.24, 2.45) is 0 Å². The lowest BCUT2D eigenvalue weighted by molar-refractivity contribution is -0.0569. The molecule has 2 aromatic heterocycles. The molecule has 1 aliphatic heterocycles. The molecule has 0 saturated heterocycles. The Balaban J connectivity index is 1.92. The van der Waals surface area contributed by atoms with Crippen molar-refractivity contribution >= 4 is 11.6 Å². The molecule has 0 aliphatic carbocycles. The first kappa shape index (κ1) is 20.8. The van der Waals surface area contributed by atoms with Gasteiger partial charge in [0.15, 0.2) is 0 Å². The number of rotatable bonds is 4. The van der Waals surface area contributed by atoms with Gasteiger partial charge in [0.25, 0.3) is 6.43 Å². The van der Waals surface area contributed by atoms with Crippen LogP contribution in [0, 0.1) is 13.8 Å². The molecule has 1 aromatic carbocycles. The van der Waals surface area contributed by atoms with Crippen LogP contribution in [-0.2, 0) is 17.7 Å². The number of pyridine rings is 1. The van der Waals surface area contributed by atoms with Crippen LogP contribution in [-0.4, -0.2) is 40.8 Å². The van der Waals surface area contributed by atoms with Crippen molar-refractivity contribution in [1.82, 2.24) is 14.5 Å². The highest BCUT2D eigenvalue weighted by molar-refractivity contribution is 6.32. The quantitative estimate of drug-likeness (QED) is 0.574. The molecule has 30 heavy (non-hydrogen) atoms. The molecule has 0 fully saturated rings. The third-order valence-electron chi connectivity index (χ3n) is 5.15. The van der Waals surface area contributed by atoms with Crippen molar-refractivity contribution in [1.29, 1.82) is 0 Å². The minimum absolute atomic E-state index is 0.0172. The lowest BCUT2D eigenvalue weighted by atomic mass is 10.1. The van der Waals surface area contributed by atoms with Crippen molar-refractivity contribution < 1.29 is 18.3 Å². The summed E-state index contributed by atoms with van der Waals surface area (Å²) in [7, 11) is 1.53. The summed E-state index contributed by atoms with van der Waals surface area (Å²) < 4.78 is 39.7. The number of alkyl halides is 2. The average Bonchev–Trinajstić information content (AvgIpc) is 2.90. The summed E-state index contributed by atoms with van der Waals surface area (Å²) in [4.78, 5) is 9.32. The number of aromatic nitrogens is 3. The van der Waals surface area contributed by atoms with Crippen molar-refractivity contribution in [2.75, 3.05) is 13.7 Å². The minimum Gasteiger partial charge on any atom is -0.495 e. The van der Waals surface area contributed by atoms with Crippen molar-refractivity contribution in [3.8, 4) is 28.4 Å². The van der Waals surface area contributed by atoms with Crippen molar-refractivity contribution in [2.45, 2.75) is 39.3 Å². The molecule has 0 amide bonds. The number of ether oxygens (including phenoxy) is 2. The number of imidazole rings is 1. The van der Waals surface area contributed by atoms with Crippen LogP contribution >= 0.6 is 11.6 Å². The fourth-order valence-corrected chi connectivity index (χ4v) is 4.04. The second kappa shape index (κ2) is 8.32. The molecule has 1 atom stereocenters. The largest absolute Gasteiger partial charge is 0.495 e. The number of benzene rings is 1. The molecule has 158 valence electrons. The van der Waals surface area contributed by atoms with Gasteiger partial charge in [0.05, 0.1) is 31.0 Å². The number of hydrogen-bond donors (Lipinski definition) is 0. The van der Waals surface area contributed by atoms with E-state index >= 15 is 0 Å². The monoisotopic (exact) mass is 433 g/mol. The lowest BCUT2D eigenvalue weighted by Crippen LogP contribution is -2.26. The van der Waals surface area contributed by atoms with E-state index in [1.165, 1.54) is 7.11 Å². The van der Waals surface area contributed by atoms with E-state index in [9.17, 15) is 8.78 Å². The Kier molecular flexibility index (Phi) is 5.75. The molecule has 0 bridgehead atoms. The van der Waals surface area contributed by atoms with Gasteiger partial charge in [-0.2, -0.15) is 0 Å². The highest BCUT2D eigenvalue weighted by Gasteiger charge is 2.30. The maximum atomic E-state index is 13.5. The van der Waals surface area contributed by atoms with E-state index in [0.29, 0.717) is 23.0 Å². The van der Waals surface area contributed by atoms with Gasteiger partial charge in [0.2, 0.25) is 0 Å².